The van der Waals surface area contributed by atoms with E-state index in [4.69, 9.17) is 14.2 Å². The van der Waals surface area contributed by atoms with Gasteiger partial charge in [0.25, 0.3) is 0 Å². The van der Waals surface area contributed by atoms with Gasteiger partial charge in [-0.25, -0.2) is 0 Å². The van der Waals surface area contributed by atoms with E-state index < -0.39 is 12.1 Å². The summed E-state index contributed by atoms with van der Waals surface area (Å²) >= 11 is 0. The molecule has 1 atom stereocenters. The van der Waals surface area contributed by atoms with Crippen molar-refractivity contribution in [3.63, 3.8) is 0 Å². The van der Waals surface area contributed by atoms with Crippen LogP contribution in [0.3, 0.4) is 0 Å². The first kappa shape index (κ1) is 52.1. The Morgan fingerprint density at radius 2 is 0.768 bits per heavy atom. The number of allylic oxidation sites excluding steroid dienone is 17. The third-order valence-electron chi connectivity index (χ3n) is 8.56. The maximum Gasteiger partial charge on any atom is 0.309 e. The van der Waals surface area contributed by atoms with Crippen LogP contribution in [0.15, 0.2) is 109 Å². The van der Waals surface area contributed by atoms with Crippen LogP contribution in [0.1, 0.15) is 168 Å². The highest BCUT2D eigenvalue weighted by Gasteiger charge is 2.19. The van der Waals surface area contributed by atoms with Gasteiger partial charge in [-0.1, -0.05) is 175 Å². The van der Waals surface area contributed by atoms with Crippen molar-refractivity contribution >= 4 is 17.9 Å². The van der Waals surface area contributed by atoms with E-state index in [2.05, 4.69) is 118 Å². The van der Waals surface area contributed by atoms with Crippen LogP contribution in [0, 0.1) is 0 Å². The summed E-state index contributed by atoms with van der Waals surface area (Å²) in [6, 6.07) is 0. The van der Waals surface area contributed by atoms with Gasteiger partial charge < -0.3 is 14.2 Å². The van der Waals surface area contributed by atoms with E-state index in [9.17, 15) is 14.4 Å². The largest absolute Gasteiger partial charge is 0.462 e. The second kappa shape index (κ2) is 43.8. The van der Waals surface area contributed by atoms with Gasteiger partial charge in [0.1, 0.15) is 13.2 Å². The molecule has 0 aromatic heterocycles. The van der Waals surface area contributed by atoms with E-state index in [1.807, 2.05) is 6.08 Å². The molecule has 0 radical (unpaired) electrons. The van der Waals surface area contributed by atoms with Crippen molar-refractivity contribution in [2.75, 3.05) is 13.2 Å². The second-order valence-electron chi connectivity index (χ2n) is 13.9. The number of hydrogen-bond donors (Lipinski definition) is 0. The molecule has 0 aliphatic rings. The van der Waals surface area contributed by atoms with Gasteiger partial charge in [-0.15, -0.1) is 0 Å². The standard InChI is InChI=1S/C50H78O6/c1-4-7-10-13-16-19-21-23-25-27-29-31-34-37-40-43-49(52)55-46-47(45-54-48(51)42-39-36-33-18-15-12-9-6-3)56-50(53)44-41-38-35-32-30-28-26-24-22-20-17-14-11-8-5-2/h7-8,10-11,16-17,19-20,23-26,29-32,37,40,47H,4-6,9,12-15,18,21-22,27-28,33-36,38-39,41-46H2,1-3H3/b10-7-,11-8-,19-16-,20-17-,25-23-,26-24-,31-29-,32-30-,40-37-. The average molecular weight is 775 g/mol. The second-order valence-corrected chi connectivity index (χ2v) is 13.9. The minimum absolute atomic E-state index is 0.115. The molecule has 0 aromatic carbocycles. The minimum atomic E-state index is -0.836. The van der Waals surface area contributed by atoms with Crippen molar-refractivity contribution in [3.8, 4) is 0 Å². The number of esters is 3. The van der Waals surface area contributed by atoms with E-state index in [1.54, 1.807) is 6.08 Å². The molecule has 0 saturated heterocycles. The average Bonchev–Trinajstić information content (AvgIpc) is 3.19. The molecule has 0 aromatic rings. The van der Waals surface area contributed by atoms with Crippen LogP contribution in [-0.2, 0) is 28.6 Å². The van der Waals surface area contributed by atoms with Gasteiger partial charge in [0.15, 0.2) is 6.10 Å². The molecule has 0 N–H and O–H groups in total. The highest BCUT2D eigenvalue weighted by atomic mass is 16.6. The van der Waals surface area contributed by atoms with Crippen molar-refractivity contribution in [2.24, 2.45) is 0 Å². The number of unbranched alkanes of at least 4 members (excludes halogenated alkanes) is 9. The molecule has 0 spiro atoms. The molecule has 0 saturated carbocycles. The van der Waals surface area contributed by atoms with Crippen LogP contribution in [-0.4, -0.2) is 37.2 Å². The summed E-state index contributed by atoms with van der Waals surface area (Å²) in [5.41, 5.74) is 0. The van der Waals surface area contributed by atoms with E-state index >= 15 is 0 Å². The van der Waals surface area contributed by atoms with Gasteiger partial charge in [0, 0.05) is 12.8 Å². The number of ether oxygens (including phenoxy) is 3. The molecular formula is C50H78O6. The Morgan fingerprint density at radius 3 is 1.25 bits per heavy atom. The number of carbonyl (C=O) groups is 3. The van der Waals surface area contributed by atoms with Crippen molar-refractivity contribution in [2.45, 2.75) is 175 Å². The highest BCUT2D eigenvalue weighted by molar-refractivity contribution is 5.72. The fraction of sp³-hybridized carbons (Fsp3) is 0.580. The van der Waals surface area contributed by atoms with E-state index in [-0.39, 0.29) is 38.0 Å². The van der Waals surface area contributed by atoms with E-state index in [0.29, 0.717) is 12.8 Å². The first-order valence-electron chi connectivity index (χ1n) is 21.9. The topological polar surface area (TPSA) is 78.9 Å². The quantitative estimate of drug-likeness (QED) is 0.0271. The van der Waals surface area contributed by atoms with E-state index in [0.717, 1.165) is 89.9 Å². The van der Waals surface area contributed by atoms with Gasteiger partial charge >= 0.3 is 17.9 Å². The summed E-state index contributed by atoms with van der Waals surface area (Å²) < 4.78 is 16.5. The zero-order chi connectivity index (χ0) is 40.8. The SMILES string of the molecule is CC/C=C\C/C=C\C/C=C\C/C=C\C/C=C\CC(=O)OCC(COC(=O)CCCCCCCCCC)OC(=O)CCCC/C=C\C/C=C\C/C=C\C/C=C\CC. The Morgan fingerprint density at radius 1 is 0.393 bits per heavy atom. The van der Waals surface area contributed by atoms with Crippen LogP contribution in [0.4, 0.5) is 0 Å². The first-order chi connectivity index (χ1) is 27.5. The molecule has 1 unspecified atom stereocenters. The Balaban J connectivity index is 4.59. The molecule has 0 rings (SSSR count). The summed E-state index contributed by atoms with van der Waals surface area (Å²) in [7, 11) is 0. The van der Waals surface area contributed by atoms with Crippen molar-refractivity contribution in [3.05, 3.63) is 109 Å². The molecule has 314 valence electrons. The Labute approximate surface area is 342 Å². The summed E-state index contributed by atoms with van der Waals surface area (Å²) in [5, 5.41) is 0. The molecule has 0 aliphatic carbocycles. The smallest absolute Gasteiger partial charge is 0.309 e. The van der Waals surface area contributed by atoms with Crippen molar-refractivity contribution in [1.29, 1.82) is 0 Å². The van der Waals surface area contributed by atoms with Crippen LogP contribution < -0.4 is 0 Å². The lowest BCUT2D eigenvalue weighted by molar-refractivity contribution is -0.166. The van der Waals surface area contributed by atoms with Crippen LogP contribution in [0.2, 0.25) is 0 Å². The number of rotatable bonds is 37. The number of carbonyl (C=O) groups excluding carboxylic acids is 3. The molecule has 0 amide bonds. The van der Waals surface area contributed by atoms with Gasteiger partial charge in [-0.3, -0.25) is 14.4 Å². The summed E-state index contributed by atoms with van der Waals surface area (Å²) in [6.45, 7) is 6.21. The lowest BCUT2D eigenvalue weighted by atomic mass is 10.1. The van der Waals surface area contributed by atoms with Crippen molar-refractivity contribution in [1.82, 2.24) is 0 Å². The first-order valence-corrected chi connectivity index (χ1v) is 21.9. The molecule has 6 nitrogen and oxygen atoms in total. The summed E-state index contributed by atoms with van der Waals surface area (Å²) in [6.07, 6.45) is 58.2. The van der Waals surface area contributed by atoms with Gasteiger partial charge in [0.05, 0.1) is 6.42 Å². The Bertz CT molecular complexity index is 1210. The van der Waals surface area contributed by atoms with Crippen LogP contribution in [0.5, 0.6) is 0 Å². The van der Waals surface area contributed by atoms with Crippen LogP contribution in [0.25, 0.3) is 0 Å². The van der Waals surface area contributed by atoms with Gasteiger partial charge in [-0.2, -0.15) is 0 Å². The normalized spacial score (nSPS) is 13.1. The Hall–Kier alpha value is -3.93. The fourth-order valence-corrected chi connectivity index (χ4v) is 5.33. The highest BCUT2D eigenvalue weighted by Crippen LogP contribution is 2.11. The molecule has 0 bridgehead atoms. The molecule has 0 heterocycles. The zero-order valence-corrected chi connectivity index (χ0v) is 35.6. The summed E-state index contributed by atoms with van der Waals surface area (Å²) in [4.78, 5) is 37.6. The minimum Gasteiger partial charge on any atom is -0.462 e. The predicted octanol–water partition coefficient (Wildman–Crippen LogP) is 14.0. The predicted molar refractivity (Wildman–Crippen MR) is 237 cm³/mol. The molecular weight excluding hydrogens is 697 g/mol. The molecule has 0 aliphatic heterocycles. The number of hydrogen-bond acceptors (Lipinski definition) is 6. The molecule has 56 heavy (non-hydrogen) atoms. The molecule has 0 fully saturated rings. The lowest BCUT2D eigenvalue weighted by Crippen LogP contribution is -2.30. The maximum atomic E-state index is 12.7. The maximum absolute atomic E-state index is 12.7. The van der Waals surface area contributed by atoms with Gasteiger partial charge in [0.2, 0.25) is 0 Å². The zero-order valence-electron chi connectivity index (χ0n) is 35.6. The third kappa shape index (κ3) is 41.2. The lowest BCUT2D eigenvalue weighted by Gasteiger charge is -2.18. The monoisotopic (exact) mass is 775 g/mol. The van der Waals surface area contributed by atoms with Crippen molar-refractivity contribution < 1.29 is 28.6 Å². The van der Waals surface area contributed by atoms with Crippen LogP contribution >= 0.6 is 0 Å². The van der Waals surface area contributed by atoms with Gasteiger partial charge in [-0.05, 0) is 83.5 Å². The summed E-state index contributed by atoms with van der Waals surface area (Å²) in [5.74, 6) is -1.12. The molecule has 6 heteroatoms. The fourth-order valence-electron chi connectivity index (χ4n) is 5.33. The van der Waals surface area contributed by atoms with E-state index in [1.165, 1.54) is 32.1 Å². The Kier molecular flexibility index (Phi) is 40.7. The third-order valence-corrected chi connectivity index (χ3v) is 8.56.